The van der Waals surface area contributed by atoms with Crippen molar-refractivity contribution < 1.29 is 4.39 Å². The second kappa shape index (κ2) is 9.53. The summed E-state index contributed by atoms with van der Waals surface area (Å²) in [5, 5.41) is 4.55. The molecule has 7 heteroatoms. The maximum atomic E-state index is 13.6. The Morgan fingerprint density at radius 1 is 0.969 bits per heavy atom. The minimum atomic E-state index is -0.239. The molecule has 32 heavy (non-hydrogen) atoms. The van der Waals surface area contributed by atoms with Gasteiger partial charge in [-0.25, -0.2) is 19.3 Å². The fourth-order valence-electron chi connectivity index (χ4n) is 4.61. The number of hydrogen-bond acceptors (Lipinski definition) is 6. The van der Waals surface area contributed by atoms with Gasteiger partial charge in [-0.2, -0.15) is 0 Å². The Morgan fingerprint density at radius 2 is 1.72 bits per heavy atom. The molecule has 5 rings (SSSR count). The highest BCUT2D eigenvalue weighted by Crippen LogP contribution is 2.40. The summed E-state index contributed by atoms with van der Waals surface area (Å²) < 4.78 is 13.6. The molecule has 1 saturated heterocycles. The Kier molecular flexibility index (Phi) is 6.35. The molecule has 3 aromatic rings. The van der Waals surface area contributed by atoms with Gasteiger partial charge in [0.05, 0.1) is 16.3 Å². The van der Waals surface area contributed by atoms with Crippen molar-refractivity contribution in [1.82, 2.24) is 15.0 Å². The smallest absolute Gasteiger partial charge is 0.223 e. The van der Waals surface area contributed by atoms with E-state index >= 15 is 0 Å². The van der Waals surface area contributed by atoms with Crippen molar-refractivity contribution in [2.75, 3.05) is 23.3 Å². The Bertz CT molecular complexity index is 1040. The van der Waals surface area contributed by atoms with Gasteiger partial charge in [0, 0.05) is 30.9 Å². The minimum absolute atomic E-state index is 0.239. The summed E-state index contributed by atoms with van der Waals surface area (Å²) in [5.74, 6) is 1.20. The molecule has 1 aromatic carbocycles. The molecule has 5 nitrogen and oxygen atoms in total. The molecular weight excluding hydrogens is 421 g/mol. The zero-order chi connectivity index (χ0) is 21.9. The molecule has 1 N–H and O–H groups in total. The first-order chi connectivity index (χ1) is 15.7. The molecule has 168 valence electrons. The number of hydrogen-bond donors (Lipinski definition) is 1. The van der Waals surface area contributed by atoms with Crippen molar-refractivity contribution in [1.29, 1.82) is 0 Å². The van der Waals surface area contributed by atoms with Crippen LogP contribution in [0.15, 0.2) is 36.5 Å². The standard InChI is InChI=1S/C25H30FN5S/c1-17-12-15-31(16-13-17)25-30-22(18-7-9-19(26)10-8-18)23(32-25)21-11-14-27-24(29-21)28-20-5-3-2-4-6-20/h7-11,14,17,20H,2-6,12-13,15-16H2,1H3,(H,27,28,29). The second-order valence-electron chi connectivity index (χ2n) is 9.10. The van der Waals surface area contributed by atoms with Gasteiger partial charge in [-0.05, 0) is 61.9 Å². The summed E-state index contributed by atoms with van der Waals surface area (Å²) in [4.78, 5) is 17.8. The van der Waals surface area contributed by atoms with Crippen LogP contribution in [0.25, 0.3) is 21.8 Å². The molecule has 2 aliphatic rings. The van der Waals surface area contributed by atoms with Crippen LogP contribution in [-0.4, -0.2) is 34.1 Å². The topological polar surface area (TPSA) is 53.9 Å². The van der Waals surface area contributed by atoms with E-state index in [2.05, 4.69) is 22.1 Å². The van der Waals surface area contributed by atoms with Crippen molar-refractivity contribution in [3.8, 4) is 21.8 Å². The van der Waals surface area contributed by atoms with Crippen molar-refractivity contribution in [2.45, 2.75) is 57.9 Å². The summed E-state index contributed by atoms with van der Waals surface area (Å²) in [6.45, 7) is 4.36. The van der Waals surface area contributed by atoms with Crippen molar-refractivity contribution in [3.05, 3.63) is 42.3 Å². The van der Waals surface area contributed by atoms with Gasteiger partial charge >= 0.3 is 0 Å². The van der Waals surface area contributed by atoms with Crippen molar-refractivity contribution in [2.24, 2.45) is 5.92 Å². The molecule has 0 atom stereocenters. The van der Waals surface area contributed by atoms with Gasteiger partial charge in [-0.1, -0.05) is 37.5 Å². The monoisotopic (exact) mass is 451 g/mol. The lowest BCUT2D eigenvalue weighted by atomic mass is 9.96. The summed E-state index contributed by atoms with van der Waals surface area (Å²) >= 11 is 1.68. The van der Waals surface area contributed by atoms with Crippen LogP contribution >= 0.6 is 11.3 Å². The predicted molar refractivity (Wildman–Crippen MR) is 130 cm³/mol. The second-order valence-corrected chi connectivity index (χ2v) is 10.1. The number of nitrogens with one attached hydrogen (secondary N) is 1. The van der Waals surface area contributed by atoms with Crippen LogP contribution in [-0.2, 0) is 0 Å². The Labute approximate surface area is 193 Å². The van der Waals surface area contributed by atoms with Crippen molar-refractivity contribution in [3.63, 3.8) is 0 Å². The molecule has 0 spiro atoms. The number of benzene rings is 1. The first-order valence-corrected chi connectivity index (χ1v) is 12.6. The summed E-state index contributed by atoms with van der Waals surface area (Å²) in [6, 6.07) is 9.00. The average Bonchev–Trinajstić information content (AvgIpc) is 3.26. The fraction of sp³-hybridized carbons (Fsp3) is 0.480. The van der Waals surface area contributed by atoms with Gasteiger partial charge in [-0.15, -0.1) is 0 Å². The van der Waals surface area contributed by atoms with Crippen LogP contribution in [0.3, 0.4) is 0 Å². The first kappa shape index (κ1) is 21.3. The number of halogens is 1. The van der Waals surface area contributed by atoms with E-state index in [0.29, 0.717) is 12.0 Å². The van der Waals surface area contributed by atoms with Crippen LogP contribution in [0.5, 0.6) is 0 Å². The lowest BCUT2D eigenvalue weighted by Crippen LogP contribution is -2.32. The zero-order valence-corrected chi connectivity index (χ0v) is 19.4. The van der Waals surface area contributed by atoms with Crippen LogP contribution in [0, 0.1) is 11.7 Å². The van der Waals surface area contributed by atoms with Crippen molar-refractivity contribution >= 4 is 22.4 Å². The lowest BCUT2D eigenvalue weighted by Gasteiger charge is -2.29. The molecular formula is C25H30FN5S. The van der Waals surface area contributed by atoms with E-state index in [0.717, 1.165) is 46.0 Å². The summed E-state index contributed by atoms with van der Waals surface area (Å²) in [5.41, 5.74) is 2.65. The highest BCUT2D eigenvalue weighted by Gasteiger charge is 2.23. The van der Waals surface area contributed by atoms with Crippen LogP contribution < -0.4 is 10.2 Å². The van der Waals surface area contributed by atoms with Crippen LogP contribution in [0.1, 0.15) is 51.9 Å². The average molecular weight is 452 g/mol. The molecule has 3 heterocycles. The van der Waals surface area contributed by atoms with Gasteiger partial charge in [0.2, 0.25) is 5.95 Å². The predicted octanol–water partition coefficient (Wildman–Crippen LogP) is 6.39. The molecule has 0 unspecified atom stereocenters. The summed E-state index contributed by atoms with van der Waals surface area (Å²) in [6.07, 6.45) is 10.4. The Morgan fingerprint density at radius 3 is 2.47 bits per heavy atom. The molecule has 0 radical (unpaired) electrons. The molecule has 1 saturated carbocycles. The molecule has 1 aliphatic heterocycles. The highest BCUT2D eigenvalue weighted by molar-refractivity contribution is 7.19. The zero-order valence-electron chi connectivity index (χ0n) is 18.6. The number of anilines is 2. The Balaban J connectivity index is 1.49. The molecule has 2 fully saturated rings. The van der Waals surface area contributed by atoms with Crippen LogP contribution in [0.2, 0.25) is 0 Å². The minimum Gasteiger partial charge on any atom is -0.351 e. The maximum Gasteiger partial charge on any atom is 0.223 e. The third-order valence-corrected chi connectivity index (χ3v) is 7.75. The maximum absolute atomic E-state index is 13.6. The van der Waals surface area contributed by atoms with Gasteiger partial charge in [0.25, 0.3) is 0 Å². The number of piperidine rings is 1. The molecule has 1 aliphatic carbocycles. The molecule has 2 aromatic heterocycles. The first-order valence-electron chi connectivity index (χ1n) is 11.8. The normalized spacial score (nSPS) is 18.1. The number of thiazole rings is 1. The van der Waals surface area contributed by atoms with Crippen LogP contribution in [0.4, 0.5) is 15.5 Å². The lowest BCUT2D eigenvalue weighted by molar-refractivity contribution is 0.438. The number of nitrogens with zero attached hydrogens (tertiary/aromatic N) is 4. The molecule has 0 amide bonds. The van der Waals surface area contributed by atoms with E-state index in [1.54, 1.807) is 23.5 Å². The molecule has 0 bridgehead atoms. The summed E-state index contributed by atoms with van der Waals surface area (Å²) in [7, 11) is 0. The van der Waals surface area contributed by atoms with Gasteiger partial charge < -0.3 is 10.2 Å². The van der Waals surface area contributed by atoms with E-state index in [9.17, 15) is 4.39 Å². The third-order valence-electron chi connectivity index (χ3n) is 6.61. The number of rotatable bonds is 5. The van der Waals surface area contributed by atoms with E-state index < -0.39 is 0 Å². The van der Waals surface area contributed by atoms with E-state index in [1.807, 2.05) is 12.3 Å². The number of aromatic nitrogens is 3. The van der Waals surface area contributed by atoms with Gasteiger partial charge in [0.1, 0.15) is 5.82 Å². The van der Waals surface area contributed by atoms with Gasteiger partial charge in [0.15, 0.2) is 5.13 Å². The third kappa shape index (κ3) is 4.77. The van der Waals surface area contributed by atoms with E-state index in [1.165, 1.54) is 57.1 Å². The quantitative estimate of drug-likeness (QED) is 0.487. The Hall–Kier alpha value is -2.54. The van der Waals surface area contributed by atoms with Gasteiger partial charge in [-0.3, -0.25) is 0 Å². The van der Waals surface area contributed by atoms with E-state index in [-0.39, 0.29) is 5.82 Å². The SMILES string of the molecule is CC1CCN(c2nc(-c3ccc(F)cc3)c(-c3ccnc(NC4CCCCC4)n3)s2)CC1. The fourth-order valence-corrected chi connectivity index (χ4v) is 5.71. The highest BCUT2D eigenvalue weighted by atomic mass is 32.1. The largest absolute Gasteiger partial charge is 0.351 e. The van der Waals surface area contributed by atoms with E-state index in [4.69, 9.17) is 9.97 Å².